The highest BCUT2D eigenvalue weighted by Gasteiger charge is 2.15. The molecule has 3 aromatic carbocycles. The molecule has 1 N–H and O–H groups in total. The maximum Gasteiger partial charge on any atom is 0.338 e. The maximum atomic E-state index is 12.7. The van der Waals surface area contributed by atoms with Crippen LogP contribution in [0.25, 0.3) is 0 Å². The normalized spacial score (nSPS) is 10.3. The summed E-state index contributed by atoms with van der Waals surface area (Å²) in [6.07, 6.45) is 0. The minimum Gasteiger partial charge on any atom is -0.484 e. The van der Waals surface area contributed by atoms with Crippen molar-refractivity contribution in [1.29, 1.82) is 0 Å². The predicted octanol–water partition coefficient (Wildman–Crippen LogP) is 4.52. The average Bonchev–Trinajstić information content (AvgIpc) is 2.82. The first kappa shape index (κ1) is 21.9. The molecule has 1 amide bonds. The monoisotopic (exact) mass is 418 g/mol. The number of hydrogen-bond donors (Lipinski definition) is 1. The van der Waals surface area contributed by atoms with Crippen LogP contribution in [0.3, 0.4) is 0 Å². The van der Waals surface area contributed by atoms with Crippen molar-refractivity contribution in [3.63, 3.8) is 0 Å². The van der Waals surface area contributed by atoms with Crippen molar-refractivity contribution in [2.45, 2.75) is 13.5 Å². The van der Waals surface area contributed by atoms with E-state index in [-0.39, 0.29) is 18.5 Å². The number of nitrogens with one attached hydrogen (secondary N) is 1. The zero-order chi connectivity index (χ0) is 22.1. The van der Waals surface area contributed by atoms with Gasteiger partial charge in [0.25, 0.3) is 5.91 Å². The Hall–Kier alpha value is -3.80. The van der Waals surface area contributed by atoms with Crippen LogP contribution < -0.4 is 15.0 Å². The fourth-order valence-corrected chi connectivity index (χ4v) is 3.05. The second-order valence-electron chi connectivity index (χ2n) is 6.84. The number of ether oxygens (including phenoxy) is 2. The summed E-state index contributed by atoms with van der Waals surface area (Å²) in [5, 5.41) is 3.31. The molecule has 3 rings (SSSR count). The fraction of sp³-hybridized carbons (Fsp3) is 0.200. The van der Waals surface area contributed by atoms with Gasteiger partial charge in [-0.3, -0.25) is 4.79 Å². The van der Waals surface area contributed by atoms with E-state index in [0.717, 1.165) is 16.9 Å². The number of rotatable bonds is 9. The van der Waals surface area contributed by atoms with Gasteiger partial charge >= 0.3 is 5.97 Å². The molecule has 3 aromatic rings. The number of benzene rings is 3. The van der Waals surface area contributed by atoms with Gasteiger partial charge in [-0.1, -0.05) is 42.5 Å². The second-order valence-corrected chi connectivity index (χ2v) is 6.84. The summed E-state index contributed by atoms with van der Waals surface area (Å²) in [4.78, 5) is 26.2. The number of anilines is 2. The Kier molecular flexibility index (Phi) is 7.65. The minimum absolute atomic E-state index is 0.0517. The van der Waals surface area contributed by atoms with E-state index in [1.807, 2.05) is 60.7 Å². The van der Waals surface area contributed by atoms with Crippen molar-refractivity contribution in [2.75, 3.05) is 30.5 Å². The molecule has 0 aliphatic heterocycles. The van der Waals surface area contributed by atoms with Crippen molar-refractivity contribution in [2.24, 2.45) is 0 Å². The molecule has 6 heteroatoms. The first-order valence-electron chi connectivity index (χ1n) is 10.1. The summed E-state index contributed by atoms with van der Waals surface area (Å²) >= 11 is 0. The third-order valence-corrected chi connectivity index (χ3v) is 4.69. The number of amides is 1. The lowest BCUT2D eigenvalue weighted by Crippen LogP contribution is -2.32. The molecular formula is C25H26N2O4. The molecule has 6 nitrogen and oxygen atoms in total. The second kappa shape index (κ2) is 10.8. The number of likely N-dealkylation sites (N-methyl/N-ethyl adjacent to an activating group) is 1. The van der Waals surface area contributed by atoms with E-state index >= 15 is 0 Å². The van der Waals surface area contributed by atoms with Gasteiger partial charge in [0.05, 0.1) is 12.2 Å². The topological polar surface area (TPSA) is 67.9 Å². The van der Waals surface area contributed by atoms with Crippen molar-refractivity contribution < 1.29 is 19.1 Å². The highest BCUT2D eigenvalue weighted by atomic mass is 16.5. The lowest BCUT2D eigenvalue weighted by Gasteiger charge is -2.21. The van der Waals surface area contributed by atoms with Crippen molar-refractivity contribution in [1.82, 2.24) is 0 Å². The van der Waals surface area contributed by atoms with Crippen LogP contribution in [0.4, 0.5) is 11.4 Å². The Labute approximate surface area is 182 Å². The van der Waals surface area contributed by atoms with Crippen LogP contribution >= 0.6 is 0 Å². The van der Waals surface area contributed by atoms with E-state index in [9.17, 15) is 9.59 Å². The standard InChI is InChI=1S/C25H26N2O4/c1-3-30-25(29)19-11-9-12-21(16-19)26-17-20-10-7-8-15-23(20)27(2)24(28)18-31-22-13-5-4-6-14-22/h4-16,26H,3,17-18H2,1-2H3. The largest absolute Gasteiger partial charge is 0.484 e. The maximum absolute atomic E-state index is 12.7. The van der Waals surface area contributed by atoms with Gasteiger partial charge in [-0.15, -0.1) is 0 Å². The molecule has 31 heavy (non-hydrogen) atoms. The zero-order valence-electron chi connectivity index (χ0n) is 17.7. The number of hydrogen-bond acceptors (Lipinski definition) is 5. The predicted molar refractivity (Wildman–Crippen MR) is 122 cm³/mol. The fourth-order valence-electron chi connectivity index (χ4n) is 3.05. The van der Waals surface area contributed by atoms with Gasteiger partial charge in [-0.05, 0) is 48.9 Å². The highest BCUT2D eigenvalue weighted by Crippen LogP contribution is 2.22. The summed E-state index contributed by atoms with van der Waals surface area (Å²) in [5.41, 5.74) is 3.02. The van der Waals surface area contributed by atoms with Crippen LogP contribution in [0.15, 0.2) is 78.9 Å². The molecule has 0 bridgehead atoms. The van der Waals surface area contributed by atoms with Crippen LogP contribution in [0.1, 0.15) is 22.8 Å². The summed E-state index contributed by atoms with van der Waals surface area (Å²) in [7, 11) is 1.73. The van der Waals surface area contributed by atoms with Crippen molar-refractivity contribution in [3.8, 4) is 5.75 Å². The summed E-state index contributed by atoms with van der Waals surface area (Å²) in [5.74, 6) is 0.150. The molecule has 0 aliphatic rings. The molecule has 160 valence electrons. The third kappa shape index (κ3) is 6.09. The lowest BCUT2D eigenvalue weighted by molar-refractivity contribution is -0.120. The molecule has 0 heterocycles. The Bertz CT molecular complexity index is 1020. The van der Waals surface area contributed by atoms with E-state index < -0.39 is 0 Å². The van der Waals surface area contributed by atoms with Gasteiger partial charge in [0, 0.05) is 25.0 Å². The number of carbonyl (C=O) groups excluding carboxylic acids is 2. The molecule has 0 saturated carbocycles. The number of nitrogens with zero attached hydrogens (tertiary/aromatic N) is 1. The molecule has 0 unspecified atom stereocenters. The first-order valence-corrected chi connectivity index (χ1v) is 10.1. The van der Waals surface area contributed by atoms with E-state index in [0.29, 0.717) is 24.5 Å². The lowest BCUT2D eigenvalue weighted by atomic mass is 10.1. The first-order chi connectivity index (χ1) is 15.1. The number of esters is 1. The van der Waals surface area contributed by atoms with E-state index in [1.165, 1.54) is 0 Å². The third-order valence-electron chi connectivity index (χ3n) is 4.69. The summed E-state index contributed by atoms with van der Waals surface area (Å²) in [6, 6.07) is 24.1. The van der Waals surface area contributed by atoms with Gasteiger partial charge in [0.1, 0.15) is 5.75 Å². The van der Waals surface area contributed by atoms with Gasteiger partial charge < -0.3 is 19.7 Å². The Morgan fingerprint density at radius 2 is 1.68 bits per heavy atom. The molecule has 0 atom stereocenters. The smallest absolute Gasteiger partial charge is 0.338 e. The number of para-hydroxylation sites is 2. The van der Waals surface area contributed by atoms with Crippen LogP contribution in [0.2, 0.25) is 0 Å². The van der Waals surface area contributed by atoms with Crippen LogP contribution in [0, 0.1) is 0 Å². The number of carbonyl (C=O) groups is 2. The highest BCUT2D eigenvalue weighted by molar-refractivity contribution is 5.94. The van der Waals surface area contributed by atoms with Gasteiger partial charge in [0.2, 0.25) is 0 Å². The van der Waals surface area contributed by atoms with Gasteiger partial charge in [-0.25, -0.2) is 4.79 Å². The molecule has 0 fully saturated rings. The molecule has 0 aliphatic carbocycles. The summed E-state index contributed by atoms with van der Waals surface area (Å²) in [6.45, 7) is 2.54. The molecule has 0 radical (unpaired) electrons. The molecule has 0 aromatic heterocycles. The Balaban J connectivity index is 1.65. The minimum atomic E-state index is -0.352. The SMILES string of the molecule is CCOC(=O)c1cccc(NCc2ccccc2N(C)C(=O)COc2ccccc2)c1. The van der Waals surface area contributed by atoms with Gasteiger partial charge in [-0.2, -0.15) is 0 Å². The van der Waals surface area contributed by atoms with Gasteiger partial charge in [0.15, 0.2) is 6.61 Å². The van der Waals surface area contributed by atoms with Crippen LogP contribution in [-0.4, -0.2) is 32.1 Å². The van der Waals surface area contributed by atoms with E-state index in [4.69, 9.17) is 9.47 Å². The Morgan fingerprint density at radius 1 is 0.935 bits per heavy atom. The quantitative estimate of drug-likeness (QED) is 0.518. The molecule has 0 saturated heterocycles. The molecule has 0 spiro atoms. The van der Waals surface area contributed by atoms with Crippen LogP contribution in [0.5, 0.6) is 5.75 Å². The van der Waals surface area contributed by atoms with Crippen LogP contribution in [-0.2, 0) is 16.1 Å². The van der Waals surface area contributed by atoms with E-state index in [2.05, 4.69) is 5.32 Å². The van der Waals surface area contributed by atoms with E-state index in [1.54, 1.807) is 37.1 Å². The molecular weight excluding hydrogens is 392 g/mol. The summed E-state index contributed by atoms with van der Waals surface area (Å²) < 4.78 is 10.6. The van der Waals surface area contributed by atoms with Crippen molar-refractivity contribution >= 4 is 23.3 Å². The van der Waals surface area contributed by atoms with Crippen molar-refractivity contribution in [3.05, 3.63) is 90.0 Å². The zero-order valence-corrected chi connectivity index (χ0v) is 17.7. The average molecular weight is 418 g/mol. The Morgan fingerprint density at radius 3 is 2.45 bits per heavy atom.